The summed E-state index contributed by atoms with van der Waals surface area (Å²) in [6, 6.07) is 6.96. The molecule has 1 unspecified atom stereocenters. The van der Waals surface area contributed by atoms with E-state index in [0.29, 0.717) is 22.8 Å². The fourth-order valence-corrected chi connectivity index (χ4v) is 2.18. The first-order valence-corrected chi connectivity index (χ1v) is 8.65. The fraction of sp³-hybridized carbons (Fsp3) is 0.500. The van der Waals surface area contributed by atoms with E-state index in [1.165, 1.54) is 0 Å². The molecular formula is C18H25ClN4O2. The highest BCUT2D eigenvalue weighted by atomic mass is 35.5. The lowest BCUT2D eigenvalue weighted by Gasteiger charge is -2.27. The molecule has 1 atom stereocenters. The van der Waals surface area contributed by atoms with Crippen molar-refractivity contribution in [2.75, 3.05) is 18.4 Å². The first-order valence-electron chi connectivity index (χ1n) is 8.27. The van der Waals surface area contributed by atoms with Crippen LogP contribution in [0.1, 0.15) is 44.5 Å². The van der Waals surface area contributed by atoms with Gasteiger partial charge in [0.25, 0.3) is 5.91 Å². The van der Waals surface area contributed by atoms with Crippen LogP contribution >= 0.6 is 11.6 Å². The molecule has 2 amide bonds. The van der Waals surface area contributed by atoms with Crippen LogP contribution in [-0.4, -0.2) is 30.4 Å². The summed E-state index contributed by atoms with van der Waals surface area (Å²) in [5.74, 6) is -0.605. The van der Waals surface area contributed by atoms with Crippen molar-refractivity contribution in [1.82, 2.24) is 10.6 Å². The van der Waals surface area contributed by atoms with Crippen LogP contribution in [0.25, 0.3) is 0 Å². The van der Waals surface area contributed by atoms with Crippen LogP contribution < -0.4 is 16.0 Å². The number of amides is 2. The van der Waals surface area contributed by atoms with Gasteiger partial charge in [-0.15, -0.1) is 0 Å². The van der Waals surface area contributed by atoms with Gasteiger partial charge in [0.2, 0.25) is 5.91 Å². The van der Waals surface area contributed by atoms with Gasteiger partial charge in [0, 0.05) is 17.3 Å². The third-order valence-corrected chi connectivity index (χ3v) is 4.22. The number of benzene rings is 1. The lowest BCUT2D eigenvalue weighted by Crippen LogP contribution is -2.50. The van der Waals surface area contributed by atoms with Gasteiger partial charge >= 0.3 is 0 Å². The van der Waals surface area contributed by atoms with Crippen LogP contribution in [0.2, 0.25) is 5.02 Å². The van der Waals surface area contributed by atoms with Gasteiger partial charge in [-0.25, -0.2) is 0 Å². The monoisotopic (exact) mass is 364 g/mol. The zero-order valence-electron chi connectivity index (χ0n) is 15.1. The van der Waals surface area contributed by atoms with Gasteiger partial charge in [-0.3, -0.25) is 9.59 Å². The molecule has 1 rings (SSSR count). The molecule has 0 fully saturated rings. The molecule has 0 aliphatic heterocycles. The summed E-state index contributed by atoms with van der Waals surface area (Å²) in [6.07, 6.45) is 0.826. The minimum Gasteiger partial charge on any atom is -0.375 e. The van der Waals surface area contributed by atoms with Crippen molar-refractivity contribution in [2.45, 2.75) is 39.7 Å². The SMILES string of the molecule is CCCNC(=O)c1ccc(Cl)cc1NCC(=O)NC(C)(C#N)C(C)C. The summed E-state index contributed by atoms with van der Waals surface area (Å²) < 4.78 is 0. The summed E-state index contributed by atoms with van der Waals surface area (Å²) in [5.41, 5.74) is -0.0638. The maximum Gasteiger partial charge on any atom is 0.253 e. The Kier molecular flexibility index (Phi) is 7.72. The van der Waals surface area contributed by atoms with Crippen molar-refractivity contribution >= 4 is 29.1 Å². The normalized spacial score (nSPS) is 12.8. The number of nitrogens with zero attached hydrogens (tertiary/aromatic N) is 1. The number of carbonyl (C=O) groups is 2. The largest absolute Gasteiger partial charge is 0.375 e. The molecule has 0 aliphatic rings. The van der Waals surface area contributed by atoms with Crippen LogP contribution in [0.4, 0.5) is 5.69 Å². The van der Waals surface area contributed by atoms with Crippen molar-refractivity contribution in [3.63, 3.8) is 0 Å². The van der Waals surface area contributed by atoms with Crippen molar-refractivity contribution in [1.29, 1.82) is 5.26 Å². The first-order chi connectivity index (χ1) is 11.7. The molecule has 0 aromatic heterocycles. The molecule has 0 spiro atoms. The van der Waals surface area contributed by atoms with E-state index < -0.39 is 5.54 Å². The van der Waals surface area contributed by atoms with Gasteiger partial charge in [-0.05, 0) is 37.5 Å². The van der Waals surface area contributed by atoms with Crippen LogP contribution in [0, 0.1) is 17.2 Å². The Morgan fingerprint density at radius 3 is 2.60 bits per heavy atom. The first kappa shape index (κ1) is 20.8. The highest BCUT2D eigenvalue weighted by molar-refractivity contribution is 6.31. The zero-order chi connectivity index (χ0) is 19.0. The summed E-state index contributed by atoms with van der Waals surface area (Å²) in [5, 5.41) is 18.2. The fourth-order valence-electron chi connectivity index (χ4n) is 2.01. The average Bonchev–Trinajstić information content (AvgIpc) is 2.57. The van der Waals surface area contributed by atoms with E-state index in [1.54, 1.807) is 25.1 Å². The Hall–Kier alpha value is -2.26. The summed E-state index contributed by atoms with van der Waals surface area (Å²) in [6.45, 7) is 7.87. The van der Waals surface area contributed by atoms with Crippen LogP contribution in [0.3, 0.4) is 0 Å². The Balaban J connectivity index is 2.83. The predicted molar refractivity (Wildman–Crippen MR) is 99.6 cm³/mol. The molecule has 1 aromatic carbocycles. The van der Waals surface area contributed by atoms with Gasteiger partial charge in [0.1, 0.15) is 5.54 Å². The number of nitrogens with one attached hydrogen (secondary N) is 3. The van der Waals surface area contributed by atoms with Gasteiger partial charge in [-0.1, -0.05) is 32.4 Å². The molecule has 6 nitrogen and oxygen atoms in total. The van der Waals surface area contributed by atoms with Gasteiger partial charge in [0.15, 0.2) is 0 Å². The summed E-state index contributed by atoms with van der Waals surface area (Å²) in [7, 11) is 0. The highest BCUT2D eigenvalue weighted by Gasteiger charge is 2.29. The molecule has 0 saturated carbocycles. The van der Waals surface area contributed by atoms with E-state index in [0.717, 1.165) is 6.42 Å². The van der Waals surface area contributed by atoms with E-state index in [-0.39, 0.29) is 24.3 Å². The molecule has 0 bridgehead atoms. The van der Waals surface area contributed by atoms with Crippen LogP contribution in [0.15, 0.2) is 18.2 Å². The summed E-state index contributed by atoms with van der Waals surface area (Å²) >= 11 is 6.00. The number of hydrogen-bond acceptors (Lipinski definition) is 4. The highest BCUT2D eigenvalue weighted by Crippen LogP contribution is 2.21. The second-order valence-corrected chi connectivity index (χ2v) is 6.75. The number of rotatable bonds is 8. The lowest BCUT2D eigenvalue weighted by atomic mass is 9.90. The molecule has 3 N–H and O–H groups in total. The third kappa shape index (κ3) is 5.95. The van der Waals surface area contributed by atoms with Crippen LogP contribution in [-0.2, 0) is 4.79 Å². The molecule has 136 valence electrons. The lowest BCUT2D eigenvalue weighted by molar-refractivity contribution is -0.121. The van der Waals surface area contributed by atoms with Crippen molar-refractivity contribution in [2.24, 2.45) is 5.92 Å². The third-order valence-electron chi connectivity index (χ3n) is 3.99. The molecular weight excluding hydrogens is 340 g/mol. The molecule has 0 saturated heterocycles. The predicted octanol–water partition coefficient (Wildman–Crippen LogP) is 2.95. The average molecular weight is 365 g/mol. The van der Waals surface area contributed by atoms with Gasteiger partial charge in [0.05, 0.1) is 18.2 Å². The Labute approximate surface area is 153 Å². The molecule has 1 aromatic rings. The van der Waals surface area contributed by atoms with Crippen molar-refractivity contribution in [3.05, 3.63) is 28.8 Å². The number of carbonyl (C=O) groups excluding carboxylic acids is 2. The van der Waals surface area contributed by atoms with Crippen LogP contribution in [0.5, 0.6) is 0 Å². The molecule has 7 heteroatoms. The molecule has 0 heterocycles. The maximum absolute atomic E-state index is 12.2. The van der Waals surface area contributed by atoms with Crippen molar-refractivity contribution < 1.29 is 9.59 Å². The molecule has 0 radical (unpaired) electrons. The van der Waals surface area contributed by atoms with E-state index in [9.17, 15) is 14.9 Å². The maximum atomic E-state index is 12.2. The Bertz CT molecular complexity index is 670. The number of halogens is 1. The second-order valence-electron chi connectivity index (χ2n) is 6.32. The van der Waals surface area contributed by atoms with Gasteiger partial charge in [-0.2, -0.15) is 5.26 Å². The standard InChI is InChI=1S/C18H25ClN4O2/c1-5-8-21-17(25)14-7-6-13(19)9-15(14)22-10-16(24)23-18(4,11-20)12(2)3/h6-7,9,12,22H,5,8,10H2,1-4H3,(H,21,25)(H,23,24). The zero-order valence-corrected chi connectivity index (χ0v) is 15.8. The Morgan fingerprint density at radius 1 is 1.36 bits per heavy atom. The Morgan fingerprint density at radius 2 is 2.04 bits per heavy atom. The second kappa shape index (κ2) is 9.28. The number of nitriles is 1. The van der Waals surface area contributed by atoms with Gasteiger partial charge < -0.3 is 16.0 Å². The van der Waals surface area contributed by atoms with Crippen molar-refractivity contribution in [3.8, 4) is 6.07 Å². The van der Waals surface area contributed by atoms with E-state index in [2.05, 4.69) is 22.0 Å². The molecule has 0 aliphatic carbocycles. The molecule has 25 heavy (non-hydrogen) atoms. The quantitative estimate of drug-likeness (QED) is 0.661. The van der Waals surface area contributed by atoms with E-state index >= 15 is 0 Å². The minimum absolute atomic E-state index is 0.0389. The summed E-state index contributed by atoms with van der Waals surface area (Å²) in [4.78, 5) is 24.4. The smallest absolute Gasteiger partial charge is 0.253 e. The number of hydrogen-bond donors (Lipinski definition) is 3. The van der Waals surface area contributed by atoms with E-state index in [4.69, 9.17) is 11.6 Å². The topological polar surface area (TPSA) is 94.0 Å². The minimum atomic E-state index is -0.950. The van der Waals surface area contributed by atoms with E-state index in [1.807, 2.05) is 20.8 Å². The number of anilines is 1.